The normalized spacial score (nSPS) is 12.9. The van der Waals surface area contributed by atoms with Crippen molar-refractivity contribution in [1.82, 2.24) is 0 Å². The molecule has 4 heteroatoms. The average molecular weight is 148 g/mol. The van der Waals surface area contributed by atoms with Gasteiger partial charge in [-0.25, -0.2) is 8.78 Å². The Bertz CT molecular complexity index is 56.4. The van der Waals surface area contributed by atoms with Crippen LogP contribution >= 0.6 is 23.2 Å². The molecule has 0 saturated carbocycles. The fourth-order valence-corrected chi connectivity index (χ4v) is 0. The molecule has 0 amide bonds. The molecule has 0 aliphatic heterocycles. The number of hydrogen-bond acceptors (Lipinski definition) is 0. The number of halogens is 4. The molecule has 0 aliphatic carbocycles. The van der Waals surface area contributed by atoms with Gasteiger partial charge in [0.2, 0.25) is 0 Å². The zero-order valence-electron chi connectivity index (χ0n) is 3.30. The summed E-state index contributed by atoms with van der Waals surface area (Å²) in [6.07, 6.45) is 0. The fraction of sp³-hybridized carbons (Fsp3) is 0.667. The van der Waals surface area contributed by atoms with Crippen molar-refractivity contribution < 1.29 is 8.78 Å². The van der Waals surface area contributed by atoms with Gasteiger partial charge in [0.15, 0.2) is 4.84 Å². The third kappa shape index (κ3) is 3.06. The molecule has 0 aromatic carbocycles. The second kappa shape index (κ2) is 2.14. The average Bonchev–Trinajstić information content (AvgIpc) is 1.31. The van der Waals surface area contributed by atoms with E-state index >= 15 is 0 Å². The molecule has 43 valence electrons. The van der Waals surface area contributed by atoms with Crippen LogP contribution in [-0.4, -0.2) is 10.8 Å². The van der Waals surface area contributed by atoms with E-state index < -0.39 is 10.8 Å². The Morgan fingerprint density at radius 2 is 1.57 bits per heavy atom. The summed E-state index contributed by atoms with van der Waals surface area (Å²) in [5, 5.41) is 0. The lowest BCUT2D eigenvalue weighted by atomic mass is 10.5. The Labute approximate surface area is 50.4 Å². The first-order valence-electron chi connectivity index (χ1n) is 1.46. The minimum atomic E-state index is -3.22. The largest absolute Gasteiger partial charge is 0.277 e. The maximum Gasteiger partial charge on any atom is 0.277 e. The van der Waals surface area contributed by atoms with Crippen molar-refractivity contribution in [3.63, 3.8) is 0 Å². The molecule has 0 saturated heterocycles. The predicted molar refractivity (Wildman–Crippen MR) is 25.8 cm³/mol. The summed E-state index contributed by atoms with van der Waals surface area (Å²) in [5.74, 6) is -3.22. The van der Waals surface area contributed by atoms with Crippen LogP contribution in [0.4, 0.5) is 8.78 Å². The van der Waals surface area contributed by atoms with Gasteiger partial charge >= 0.3 is 0 Å². The summed E-state index contributed by atoms with van der Waals surface area (Å²) in [6.45, 7) is 2.37. The molecule has 0 atom stereocenters. The summed E-state index contributed by atoms with van der Waals surface area (Å²) in [7, 11) is 0. The van der Waals surface area contributed by atoms with Crippen LogP contribution in [0.15, 0.2) is 0 Å². The highest BCUT2D eigenvalue weighted by molar-refractivity contribution is 6.45. The first-order chi connectivity index (χ1) is 2.94. The van der Waals surface area contributed by atoms with Gasteiger partial charge in [0.25, 0.3) is 5.92 Å². The van der Waals surface area contributed by atoms with Crippen LogP contribution in [-0.2, 0) is 0 Å². The Hall–Kier alpha value is 0.440. The van der Waals surface area contributed by atoms with Crippen LogP contribution in [0.1, 0.15) is 0 Å². The van der Waals surface area contributed by atoms with E-state index in [1.165, 1.54) is 0 Å². The maximum absolute atomic E-state index is 11.5. The van der Waals surface area contributed by atoms with Crippen molar-refractivity contribution in [2.75, 3.05) is 0 Å². The Morgan fingerprint density at radius 3 is 1.57 bits per heavy atom. The molecule has 0 aromatic heterocycles. The molecular weight excluding hydrogens is 145 g/mol. The van der Waals surface area contributed by atoms with Crippen molar-refractivity contribution in [3.05, 3.63) is 6.92 Å². The predicted octanol–water partition coefficient (Wildman–Crippen LogP) is 2.26. The van der Waals surface area contributed by atoms with E-state index in [0.717, 1.165) is 0 Å². The van der Waals surface area contributed by atoms with Crippen molar-refractivity contribution in [3.8, 4) is 0 Å². The molecule has 0 aliphatic rings. The molecule has 0 bridgehead atoms. The van der Waals surface area contributed by atoms with Gasteiger partial charge in [0.1, 0.15) is 0 Å². The third-order valence-corrected chi connectivity index (χ3v) is 0.958. The molecule has 7 heavy (non-hydrogen) atoms. The van der Waals surface area contributed by atoms with Crippen LogP contribution in [0.3, 0.4) is 0 Å². The van der Waals surface area contributed by atoms with Gasteiger partial charge in [-0.1, -0.05) is 23.2 Å². The lowest BCUT2D eigenvalue weighted by Crippen LogP contribution is -2.19. The Balaban J connectivity index is 3.54. The minimum Gasteiger partial charge on any atom is -0.204 e. The highest BCUT2D eigenvalue weighted by atomic mass is 35.5. The Morgan fingerprint density at radius 1 is 1.43 bits per heavy atom. The van der Waals surface area contributed by atoms with Gasteiger partial charge in [-0.2, -0.15) is 0 Å². The van der Waals surface area contributed by atoms with Crippen molar-refractivity contribution in [2.24, 2.45) is 0 Å². The Kier molecular flexibility index (Phi) is 2.27. The van der Waals surface area contributed by atoms with E-state index in [1.54, 1.807) is 0 Å². The fourth-order valence-electron chi connectivity index (χ4n) is 0. The molecular formula is C3H3Cl2F2. The summed E-state index contributed by atoms with van der Waals surface area (Å²) in [4.78, 5) is -1.70. The molecule has 1 radical (unpaired) electrons. The topological polar surface area (TPSA) is 0 Å². The van der Waals surface area contributed by atoms with E-state index in [9.17, 15) is 8.78 Å². The minimum absolute atomic E-state index is 1.70. The zero-order chi connectivity index (χ0) is 6.08. The first kappa shape index (κ1) is 7.44. The SMILES string of the molecule is [CH2]C(F)(F)C(Cl)Cl. The quantitative estimate of drug-likeness (QED) is 0.500. The van der Waals surface area contributed by atoms with Gasteiger partial charge in [0.05, 0.1) is 0 Å². The summed E-state index contributed by atoms with van der Waals surface area (Å²) < 4.78 is 22.9. The zero-order valence-corrected chi connectivity index (χ0v) is 4.81. The van der Waals surface area contributed by atoms with Gasteiger partial charge in [-0.3, -0.25) is 0 Å². The van der Waals surface area contributed by atoms with Crippen LogP contribution in [0, 0.1) is 6.92 Å². The molecule has 0 nitrogen and oxygen atoms in total. The molecule has 0 N–H and O–H groups in total. The second-order valence-corrected chi connectivity index (χ2v) is 2.16. The second-order valence-electron chi connectivity index (χ2n) is 1.06. The number of hydrogen-bond donors (Lipinski definition) is 0. The highest BCUT2D eigenvalue weighted by Gasteiger charge is 2.30. The van der Waals surface area contributed by atoms with Crippen LogP contribution in [0.25, 0.3) is 0 Å². The summed E-state index contributed by atoms with van der Waals surface area (Å²) >= 11 is 9.41. The smallest absolute Gasteiger partial charge is 0.204 e. The molecule has 0 spiro atoms. The first-order valence-corrected chi connectivity index (χ1v) is 2.33. The van der Waals surface area contributed by atoms with Gasteiger partial charge in [-0.15, -0.1) is 0 Å². The highest BCUT2D eigenvalue weighted by Crippen LogP contribution is 2.24. The third-order valence-electron chi connectivity index (χ3n) is 0.319. The van der Waals surface area contributed by atoms with Crippen molar-refractivity contribution >= 4 is 23.2 Å². The van der Waals surface area contributed by atoms with Crippen LogP contribution in [0.2, 0.25) is 0 Å². The van der Waals surface area contributed by atoms with E-state index in [4.69, 9.17) is 23.2 Å². The van der Waals surface area contributed by atoms with E-state index in [2.05, 4.69) is 6.92 Å². The standard InChI is InChI=1S/C3H3Cl2F2/c1-3(6,7)2(4)5/h2H,1H2. The number of alkyl halides is 4. The van der Waals surface area contributed by atoms with Gasteiger partial charge in [0, 0.05) is 6.92 Å². The molecule has 0 aromatic rings. The monoisotopic (exact) mass is 147 g/mol. The van der Waals surface area contributed by atoms with Crippen molar-refractivity contribution in [2.45, 2.75) is 10.8 Å². The van der Waals surface area contributed by atoms with Crippen LogP contribution < -0.4 is 0 Å². The maximum atomic E-state index is 11.5. The van der Waals surface area contributed by atoms with Crippen molar-refractivity contribution in [1.29, 1.82) is 0 Å². The van der Waals surface area contributed by atoms with E-state index in [0.29, 0.717) is 0 Å². The lowest BCUT2D eigenvalue weighted by molar-refractivity contribution is 0.0674. The molecule has 0 unspecified atom stereocenters. The lowest BCUT2D eigenvalue weighted by Gasteiger charge is -2.08. The van der Waals surface area contributed by atoms with Crippen LogP contribution in [0.5, 0.6) is 0 Å². The van der Waals surface area contributed by atoms with Gasteiger partial charge < -0.3 is 0 Å². The number of rotatable bonds is 1. The molecule has 0 fully saturated rings. The molecule has 0 rings (SSSR count). The van der Waals surface area contributed by atoms with E-state index in [-0.39, 0.29) is 0 Å². The van der Waals surface area contributed by atoms with E-state index in [1.807, 2.05) is 0 Å². The summed E-state index contributed by atoms with van der Waals surface area (Å²) in [6, 6.07) is 0. The molecule has 0 heterocycles. The summed E-state index contributed by atoms with van der Waals surface area (Å²) in [5.41, 5.74) is 0. The van der Waals surface area contributed by atoms with Gasteiger partial charge in [-0.05, 0) is 0 Å².